The summed E-state index contributed by atoms with van der Waals surface area (Å²) in [5.41, 5.74) is 0.00977. The van der Waals surface area contributed by atoms with E-state index in [0.29, 0.717) is 24.3 Å². The molecular weight excluding hydrogens is 354 g/mol. The van der Waals surface area contributed by atoms with Gasteiger partial charge in [-0.25, -0.2) is 0 Å². The van der Waals surface area contributed by atoms with Crippen molar-refractivity contribution in [3.8, 4) is 0 Å². The largest absolute Gasteiger partial charge is 0.458 e. The van der Waals surface area contributed by atoms with E-state index in [2.05, 4.69) is 24.8 Å². The maximum absolute atomic E-state index is 12.4. The third-order valence-electron chi connectivity index (χ3n) is 7.15. The Kier molecular flexibility index (Phi) is 6.23. The van der Waals surface area contributed by atoms with Crippen LogP contribution in [0.5, 0.6) is 0 Å². The first kappa shape index (κ1) is 21.4. The minimum Gasteiger partial charge on any atom is -0.458 e. The molecule has 3 aliphatic carbocycles. The first-order valence-corrected chi connectivity index (χ1v) is 10.9. The van der Waals surface area contributed by atoms with Crippen molar-refractivity contribution in [1.29, 1.82) is 0 Å². The summed E-state index contributed by atoms with van der Waals surface area (Å²) in [4.78, 5) is 26.0. The second-order valence-corrected chi connectivity index (χ2v) is 9.27. The highest BCUT2D eigenvalue weighted by Gasteiger charge is 2.53. The smallest absolute Gasteiger partial charge is 0.303 e. The van der Waals surface area contributed by atoms with Crippen molar-refractivity contribution in [2.45, 2.75) is 84.5 Å². The topological polar surface area (TPSA) is 66.8 Å². The molecule has 0 spiro atoms. The zero-order valence-corrected chi connectivity index (χ0v) is 18.0. The molecule has 2 saturated carbocycles. The van der Waals surface area contributed by atoms with E-state index in [1.807, 2.05) is 20.3 Å². The van der Waals surface area contributed by atoms with E-state index in [1.165, 1.54) is 6.92 Å². The average Bonchev–Trinajstić information content (AvgIpc) is 3.46. The molecular formula is C23H36NO4. The standard InChI is InChI=1S/C23H36NO4/c1-6-22(26)24(18-8-9-18)13-15(3)19-10-7-16(4)23(27)12-21(28-17(5)25)14(2)11-20(19)23/h11-12,15-16,18-21,27H,6-10,13H2,1-5H3/t15?,16-,19+,20-,21-,23-/m1/s1. The quantitative estimate of drug-likeness (QED) is 0.557. The number of carbonyl (C=O) groups is 2. The number of amides is 1. The molecule has 5 heteroatoms. The second kappa shape index (κ2) is 8.17. The number of fused-ring (bicyclic) bond motifs is 1. The van der Waals surface area contributed by atoms with Gasteiger partial charge in [0.15, 0.2) is 0 Å². The lowest BCUT2D eigenvalue weighted by Crippen LogP contribution is -2.57. The fourth-order valence-electron chi connectivity index (χ4n) is 5.24. The highest BCUT2D eigenvalue weighted by Crippen LogP contribution is 2.51. The monoisotopic (exact) mass is 390 g/mol. The molecule has 1 unspecified atom stereocenters. The maximum atomic E-state index is 12.4. The Labute approximate surface area is 169 Å². The van der Waals surface area contributed by atoms with Crippen molar-refractivity contribution >= 4 is 11.9 Å². The first-order chi connectivity index (χ1) is 13.2. The maximum Gasteiger partial charge on any atom is 0.303 e. The molecule has 3 rings (SSSR count). The Balaban J connectivity index is 1.81. The van der Waals surface area contributed by atoms with Gasteiger partial charge in [0.05, 0.1) is 5.60 Å². The van der Waals surface area contributed by atoms with Gasteiger partial charge in [-0.2, -0.15) is 0 Å². The van der Waals surface area contributed by atoms with Gasteiger partial charge in [-0.3, -0.25) is 9.59 Å². The number of aliphatic hydroxyl groups is 1. The van der Waals surface area contributed by atoms with Gasteiger partial charge in [0.2, 0.25) is 5.91 Å². The SMILES string of the molecule is CCC(=O)N(CC(C)[C@@H]1CC[C@@H](C)[C@]2(O)[CH][C@@H](OC(C)=O)C(C)=C[C@H]12)C1CC1. The molecule has 1 amide bonds. The normalized spacial score (nSPS) is 36.1. The second-order valence-electron chi connectivity index (χ2n) is 9.27. The van der Waals surface area contributed by atoms with Gasteiger partial charge in [0.25, 0.3) is 0 Å². The summed E-state index contributed by atoms with van der Waals surface area (Å²) in [6, 6.07) is 0.417. The lowest BCUT2D eigenvalue weighted by molar-refractivity contribution is -0.148. The number of rotatable bonds is 6. The third kappa shape index (κ3) is 4.14. The molecule has 157 valence electrons. The fourth-order valence-corrected chi connectivity index (χ4v) is 5.24. The van der Waals surface area contributed by atoms with Crippen LogP contribution in [0.4, 0.5) is 0 Å². The summed E-state index contributed by atoms with van der Waals surface area (Å²) in [6.45, 7) is 10.4. The molecule has 28 heavy (non-hydrogen) atoms. The Morgan fingerprint density at radius 1 is 1.32 bits per heavy atom. The lowest BCUT2D eigenvalue weighted by atomic mass is 9.57. The zero-order valence-electron chi connectivity index (χ0n) is 18.0. The number of carbonyl (C=O) groups excluding carboxylic acids is 2. The van der Waals surface area contributed by atoms with Gasteiger partial charge in [0.1, 0.15) is 6.10 Å². The average molecular weight is 391 g/mol. The molecule has 5 nitrogen and oxygen atoms in total. The molecule has 3 aliphatic rings. The van der Waals surface area contributed by atoms with E-state index in [1.54, 1.807) is 0 Å². The molecule has 1 N–H and O–H groups in total. The molecule has 0 saturated heterocycles. The van der Waals surface area contributed by atoms with E-state index in [0.717, 1.165) is 37.8 Å². The summed E-state index contributed by atoms with van der Waals surface area (Å²) >= 11 is 0. The van der Waals surface area contributed by atoms with Crippen molar-refractivity contribution in [2.24, 2.45) is 23.7 Å². The van der Waals surface area contributed by atoms with E-state index in [-0.39, 0.29) is 23.7 Å². The number of hydrogen-bond donors (Lipinski definition) is 1. The van der Waals surface area contributed by atoms with Crippen LogP contribution in [0.3, 0.4) is 0 Å². The van der Waals surface area contributed by atoms with Crippen molar-refractivity contribution in [2.75, 3.05) is 6.54 Å². The highest BCUT2D eigenvalue weighted by molar-refractivity contribution is 5.76. The number of ether oxygens (including phenoxy) is 1. The van der Waals surface area contributed by atoms with Crippen molar-refractivity contribution < 1.29 is 19.4 Å². The van der Waals surface area contributed by atoms with Crippen LogP contribution in [0.25, 0.3) is 0 Å². The van der Waals surface area contributed by atoms with Crippen LogP contribution in [0.2, 0.25) is 0 Å². The van der Waals surface area contributed by atoms with Crippen LogP contribution >= 0.6 is 0 Å². The van der Waals surface area contributed by atoms with Crippen LogP contribution in [-0.4, -0.2) is 46.2 Å². The molecule has 6 atom stereocenters. The molecule has 0 aromatic rings. The van der Waals surface area contributed by atoms with Crippen LogP contribution in [0.15, 0.2) is 11.6 Å². The van der Waals surface area contributed by atoms with Crippen molar-refractivity contribution in [3.63, 3.8) is 0 Å². The van der Waals surface area contributed by atoms with E-state index in [4.69, 9.17) is 4.74 Å². The summed E-state index contributed by atoms with van der Waals surface area (Å²) < 4.78 is 5.44. The van der Waals surface area contributed by atoms with Crippen molar-refractivity contribution in [3.05, 3.63) is 18.1 Å². The molecule has 2 fully saturated rings. The Morgan fingerprint density at radius 2 is 2.00 bits per heavy atom. The van der Waals surface area contributed by atoms with Crippen molar-refractivity contribution in [1.82, 2.24) is 4.90 Å². The fraction of sp³-hybridized carbons (Fsp3) is 0.783. The van der Waals surface area contributed by atoms with Gasteiger partial charge in [0, 0.05) is 38.3 Å². The predicted molar refractivity (Wildman–Crippen MR) is 108 cm³/mol. The summed E-state index contributed by atoms with van der Waals surface area (Å²) in [5.74, 6) is 0.628. The van der Waals surface area contributed by atoms with Gasteiger partial charge >= 0.3 is 5.97 Å². The van der Waals surface area contributed by atoms with Gasteiger partial charge in [-0.1, -0.05) is 26.8 Å². The molecule has 0 aliphatic heterocycles. The zero-order chi connectivity index (χ0) is 20.6. The summed E-state index contributed by atoms with van der Waals surface area (Å²) in [5, 5.41) is 11.6. The van der Waals surface area contributed by atoms with Gasteiger partial charge in [-0.05, 0) is 55.9 Å². The molecule has 0 heterocycles. The van der Waals surface area contributed by atoms with Gasteiger partial charge in [-0.15, -0.1) is 0 Å². The summed E-state index contributed by atoms with van der Waals surface area (Å²) in [7, 11) is 0. The molecule has 0 bridgehead atoms. The lowest BCUT2D eigenvalue weighted by Gasteiger charge is -2.53. The minimum atomic E-state index is -0.976. The van der Waals surface area contributed by atoms with Crippen LogP contribution in [-0.2, 0) is 14.3 Å². The van der Waals surface area contributed by atoms with E-state index >= 15 is 0 Å². The number of nitrogens with zero attached hydrogens (tertiary/aromatic N) is 1. The highest BCUT2D eigenvalue weighted by atomic mass is 16.5. The number of hydrogen-bond acceptors (Lipinski definition) is 4. The first-order valence-electron chi connectivity index (χ1n) is 10.9. The van der Waals surface area contributed by atoms with E-state index < -0.39 is 11.7 Å². The third-order valence-corrected chi connectivity index (χ3v) is 7.15. The van der Waals surface area contributed by atoms with Crippen LogP contribution in [0.1, 0.15) is 66.7 Å². The minimum absolute atomic E-state index is 0.00385. The predicted octanol–water partition coefficient (Wildman–Crippen LogP) is 3.51. The Bertz CT molecular complexity index is 641. The number of esters is 1. The van der Waals surface area contributed by atoms with Crippen LogP contribution in [0, 0.1) is 30.1 Å². The molecule has 0 aromatic carbocycles. The van der Waals surface area contributed by atoms with Crippen LogP contribution < -0.4 is 0 Å². The van der Waals surface area contributed by atoms with Gasteiger partial charge < -0.3 is 14.7 Å². The molecule has 0 aromatic heterocycles. The Hall–Kier alpha value is -1.36. The molecule has 1 radical (unpaired) electrons. The Morgan fingerprint density at radius 3 is 2.57 bits per heavy atom. The van der Waals surface area contributed by atoms with E-state index in [9.17, 15) is 14.7 Å². The summed E-state index contributed by atoms with van der Waals surface area (Å²) in [6.07, 6.45) is 8.29.